The molecule has 0 saturated heterocycles. The minimum atomic E-state index is -0.967. The van der Waals surface area contributed by atoms with Gasteiger partial charge in [0.2, 0.25) is 5.82 Å². The van der Waals surface area contributed by atoms with Crippen molar-refractivity contribution in [2.45, 2.75) is 0 Å². The fourth-order valence-electron chi connectivity index (χ4n) is 0.775. The van der Waals surface area contributed by atoms with Crippen molar-refractivity contribution in [3.8, 4) is 0 Å². The maximum atomic E-state index is 13.1. The van der Waals surface area contributed by atoms with E-state index in [0.29, 0.717) is 0 Å². The standard InChI is InChI=1S/C6H3Br2FN2O2/c7-2-1-3(8)5(10)6(4(2)9)11(12)13/h1H,10H2. The highest BCUT2D eigenvalue weighted by molar-refractivity contribution is 9.11. The van der Waals surface area contributed by atoms with E-state index in [-0.39, 0.29) is 14.6 Å². The monoisotopic (exact) mass is 312 g/mol. The van der Waals surface area contributed by atoms with Crippen molar-refractivity contribution < 1.29 is 9.31 Å². The summed E-state index contributed by atoms with van der Waals surface area (Å²) in [5.74, 6) is -0.967. The van der Waals surface area contributed by atoms with Gasteiger partial charge in [-0.3, -0.25) is 10.1 Å². The van der Waals surface area contributed by atoms with Crippen molar-refractivity contribution >= 4 is 43.2 Å². The van der Waals surface area contributed by atoms with Crippen LogP contribution in [0.4, 0.5) is 15.8 Å². The second-order valence-corrected chi connectivity index (χ2v) is 3.88. The van der Waals surface area contributed by atoms with Gasteiger partial charge in [-0.15, -0.1) is 0 Å². The molecule has 0 unspecified atom stereocenters. The zero-order valence-electron chi connectivity index (χ0n) is 6.05. The van der Waals surface area contributed by atoms with Crippen LogP contribution in [0.1, 0.15) is 0 Å². The Hall–Kier alpha value is -0.690. The van der Waals surface area contributed by atoms with Crippen LogP contribution < -0.4 is 5.73 Å². The van der Waals surface area contributed by atoms with Crippen LogP contribution in [0.2, 0.25) is 0 Å². The molecule has 1 rings (SSSR count). The lowest BCUT2D eigenvalue weighted by molar-refractivity contribution is -0.386. The SMILES string of the molecule is Nc1c(Br)cc(Br)c(F)c1[N+](=O)[O-]. The van der Waals surface area contributed by atoms with E-state index in [0.717, 1.165) is 0 Å². The lowest BCUT2D eigenvalue weighted by atomic mass is 10.2. The van der Waals surface area contributed by atoms with Crippen LogP contribution in [-0.2, 0) is 0 Å². The Kier molecular flexibility index (Phi) is 2.87. The lowest BCUT2D eigenvalue weighted by Crippen LogP contribution is -2.00. The molecular formula is C6H3Br2FN2O2. The molecule has 13 heavy (non-hydrogen) atoms. The first-order valence-corrected chi connectivity index (χ1v) is 4.61. The molecule has 0 aliphatic carbocycles. The molecule has 0 aliphatic rings. The summed E-state index contributed by atoms with van der Waals surface area (Å²) < 4.78 is 13.4. The summed E-state index contributed by atoms with van der Waals surface area (Å²) in [6.45, 7) is 0. The van der Waals surface area contributed by atoms with Gasteiger partial charge in [-0.2, -0.15) is 4.39 Å². The van der Waals surface area contributed by atoms with Gasteiger partial charge in [-0.25, -0.2) is 0 Å². The van der Waals surface area contributed by atoms with E-state index in [1.807, 2.05) is 0 Å². The molecule has 0 aromatic heterocycles. The van der Waals surface area contributed by atoms with Crippen molar-refractivity contribution in [2.75, 3.05) is 5.73 Å². The Bertz CT molecular complexity index is 357. The first kappa shape index (κ1) is 10.4. The molecule has 0 aliphatic heterocycles. The number of benzene rings is 1. The Morgan fingerprint density at radius 2 is 2.00 bits per heavy atom. The summed E-state index contributed by atoms with van der Waals surface area (Å²) >= 11 is 5.81. The van der Waals surface area contributed by atoms with Gasteiger partial charge in [0.05, 0.1) is 9.40 Å². The Balaban J connectivity index is 3.56. The van der Waals surface area contributed by atoms with Crippen LogP contribution in [0.3, 0.4) is 0 Å². The number of rotatable bonds is 1. The van der Waals surface area contributed by atoms with Gasteiger partial charge >= 0.3 is 5.69 Å². The number of halogens is 3. The number of nitrogens with zero attached hydrogens (tertiary/aromatic N) is 1. The highest BCUT2D eigenvalue weighted by Crippen LogP contribution is 2.36. The van der Waals surface area contributed by atoms with Crippen LogP contribution in [0.25, 0.3) is 0 Å². The number of nitro benzene ring substituents is 1. The van der Waals surface area contributed by atoms with E-state index in [4.69, 9.17) is 5.73 Å². The molecule has 0 fully saturated rings. The predicted octanol–water partition coefficient (Wildman–Crippen LogP) is 2.84. The van der Waals surface area contributed by atoms with Crippen molar-refractivity contribution in [1.29, 1.82) is 0 Å². The molecule has 0 atom stereocenters. The average Bonchev–Trinajstić information content (AvgIpc) is 2.01. The molecule has 1 aromatic carbocycles. The highest BCUT2D eigenvalue weighted by Gasteiger charge is 2.23. The summed E-state index contributed by atoms with van der Waals surface area (Å²) in [5.41, 5.74) is 4.37. The minimum Gasteiger partial charge on any atom is -0.392 e. The predicted molar refractivity (Wildman–Crippen MR) is 52.9 cm³/mol. The van der Waals surface area contributed by atoms with Crippen LogP contribution in [0, 0.1) is 15.9 Å². The smallest absolute Gasteiger partial charge is 0.329 e. The van der Waals surface area contributed by atoms with Gasteiger partial charge in [-0.1, -0.05) is 0 Å². The van der Waals surface area contributed by atoms with Gasteiger partial charge in [0.1, 0.15) is 5.69 Å². The Morgan fingerprint density at radius 3 is 2.46 bits per heavy atom. The zero-order chi connectivity index (χ0) is 10.2. The quantitative estimate of drug-likeness (QED) is 0.375. The minimum absolute atomic E-state index is 0.000255. The number of anilines is 1. The first-order chi connectivity index (χ1) is 5.95. The van der Waals surface area contributed by atoms with Gasteiger partial charge < -0.3 is 5.73 Å². The summed E-state index contributed by atoms with van der Waals surface area (Å²) in [4.78, 5) is 9.53. The third-order valence-corrected chi connectivity index (χ3v) is 2.60. The normalized spacial score (nSPS) is 10.1. The van der Waals surface area contributed by atoms with E-state index in [1.54, 1.807) is 0 Å². The fourth-order valence-corrected chi connectivity index (χ4v) is 1.92. The van der Waals surface area contributed by atoms with E-state index in [9.17, 15) is 14.5 Å². The van der Waals surface area contributed by atoms with Crippen LogP contribution in [-0.4, -0.2) is 4.92 Å². The van der Waals surface area contributed by atoms with Crippen molar-refractivity contribution in [3.63, 3.8) is 0 Å². The number of nitrogen functional groups attached to an aromatic ring is 1. The van der Waals surface area contributed by atoms with E-state index in [2.05, 4.69) is 31.9 Å². The topological polar surface area (TPSA) is 69.2 Å². The van der Waals surface area contributed by atoms with E-state index in [1.165, 1.54) is 6.07 Å². The van der Waals surface area contributed by atoms with Gasteiger partial charge in [0.15, 0.2) is 0 Å². The molecule has 0 heterocycles. The van der Waals surface area contributed by atoms with Gasteiger partial charge in [0, 0.05) is 4.47 Å². The lowest BCUT2D eigenvalue weighted by Gasteiger charge is -2.02. The molecular weight excluding hydrogens is 311 g/mol. The van der Waals surface area contributed by atoms with E-state index < -0.39 is 16.4 Å². The highest BCUT2D eigenvalue weighted by atomic mass is 79.9. The largest absolute Gasteiger partial charge is 0.392 e. The first-order valence-electron chi connectivity index (χ1n) is 3.02. The molecule has 1 aromatic rings. The molecule has 2 N–H and O–H groups in total. The van der Waals surface area contributed by atoms with Crippen LogP contribution in [0.5, 0.6) is 0 Å². The molecule has 0 bridgehead atoms. The number of hydrogen-bond acceptors (Lipinski definition) is 3. The van der Waals surface area contributed by atoms with Crippen molar-refractivity contribution in [3.05, 3.63) is 30.9 Å². The van der Waals surface area contributed by atoms with Gasteiger partial charge in [0.25, 0.3) is 0 Å². The molecule has 0 radical (unpaired) electrons. The zero-order valence-corrected chi connectivity index (χ0v) is 9.22. The maximum absolute atomic E-state index is 13.1. The number of hydrogen-bond donors (Lipinski definition) is 1. The average molecular weight is 314 g/mol. The Labute approximate surface area is 89.3 Å². The number of nitro groups is 1. The summed E-state index contributed by atoms with van der Waals surface area (Å²) in [7, 11) is 0. The number of nitrogens with two attached hydrogens (primary N) is 1. The third-order valence-electron chi connectivity index (χ3n) is 1.37. The molecule has 70 valence electrons. The van der Waals surface area contributed by atoms with Crippen LogP contribution >= 0.6 is 31.9 Å². The third kappa shape index (κ3) is 1.80. The van der Waals surface area contributed by atoms with Crippen LogP contribution in [0.15, 0.2) is 15.0 Å². The van der Waals surface area contributed by atoms with Gasteiger partial charge in [-0.05, 0) is 37.9 Å². The Morgan fingerprint density at radius 1 is 1.46 bits per heavy atom. The molecule has 0 amide bonds. The van der Waals surface area contributed by atoms with Crippen molar-refractivity contribution in [2.24, 2.45) is 0 Å². The van der Waals surface area contributed by atoms with Crippen molar-refractivity contribution in [1.82, 2.24) is 0 Å². The molecule has 0 spiro atoms. The summed E-state index contributed by atoms with van der Waals surface area (Å²) in [6, 6.07) is 1.32. The fraction of sp³-hybridized carbons (Fsp3) is 0. The summed E-state index contributed by atoms with van der Waals surface area (Å²) in [6.07, 6.45) is 0. The second-order valence-electron chi connectivity index (χ2n) is 2.17. The van der Waals surface area contributed by atoms with E-state index >= 15 is 0 Å². The molecule has 0 saturated carbocycles. The molecule has 4 nitrogen and oxygen atoms in total. The molecule has 7 heteroatoms. The maximum Gasteiger partial charge on any atom is 0.329 e. The summed E-state index contributed by atoms with van der Waals surface area (Å²) in [5, 5.41) is 10.4. The second kappa shape index (κ2) is 3.59.